The third-order valence-electron chi connectivity index (χ3n) is 12.2. The highest BCUT2D eigenvalue weighted by atomic mass is 35.5. The molecule has 1 saturated carbocycles. The van der Waals surface area contributed by atoms with Gasteiger partial charge >= 0.3 is 0 Å². The fourth-order valence-corrected chi connectivity index (χ4v) is 10.2. The first-order valence-electron chi connectivity index (χ1n) is 19.0. The Morgan fingerprint density at radius 3 is 2.05 bits per heavy atom. The first-order chi connectivity index (χ1) is 28.0. The Labute approximate surface area is 345 Å². The lowest BCUT2D eigenvalue weighted by molar-refractivity contribution is -0.127. The molecular weight excluding hydrogens is 773 g/mol. The molecule has 58 heavy (non-hydrogen) atoms. The molecule has 9 rings (SSSR count). The van der Waals surface area contributed by atoms with E-state index in [-0.39, 0.29) is 35.4 Å². The average Bonchev–Trinajstić information content (AvgIpc) is 3.61. The minimum absolute atomic E-state index is 0.0585. The Kier molecular flexibility index (Phi) is 9.29. The number of carbonyl (C=O) groups is 4. The van der Waals surface area contributed by atoms with Gasteiger partial charge in [0.2, 0.25) is 23.6 Å². The third-order valence-corrected chi connectivity index (χ3v) is 12.8. The highest BCUT2D eigenvalue weighted by Crippen LogP contribution is 2.65. The molecule has 10 nitrogen and oxygen atoms in total. The van der Waals surface area contributed by atoms with Gasteiger partial charge in [0, 0.05) is 35.7 Å². The van der Waals surface area contributed by atoms with E-state index >= 15 is 4.79 Å². The molecule has 4 aliphatic rings. The summed E-state index contributed by atoms with van der Waals surface area (Å²) in [6, 6.07) is 34.9. The van der Waals surface area contributed by atoms with Crippen LogP contribution in [0, 0.1) is 23.7 Å². The number of fused-ring (bicyclic) bond motifs is 4. The Bertz CT molecular complexity index is 2560. The molecule has 2 aliphatic carbocycles. The molecule has 0 bridgehead atoms. The number of hydrogen-bond acceptors (Lipinski definition) is 8. The first-order valence-corrected chi connectivity index (χ1v) is 19.8. The van der Waals surface area contributed by atoms with Crippen molar-refractivity contribution in [3.8, 4) is 5.75 Å². The van der Waals surface area contributed by atoms with E-state index in [1.807, 2.05) is 79.7 Å². The van der Waals surface area contributed by atoms with E-state index < -0.39 is 46.8 Å². The van der Waals surface area contributed by atoms with Gasteiger partial charge in [-0.05, 0) is 109 Å². The maximum Gasteiger partial charge on any atom is 0.246 e. The molecular formula is C46H37Cl2N5O5. The van der Waals surface area contributed by atoms with Crippen LogP contribution in [0.5, 0.6) is 5.75 Å². The summed E-state index contributed by atoms with van der Waals surface area (Å²) in [5.41, 5.74) is 3.45. The number of hydrogen-bond donors (Lipinski definition) is 1. The Morgan fingerprint density at radius 1 is 0.707 bits per heavy atom. The molecule has 5 aromatic rings. The molecule has 2 aliphatic heterocycles. The summed E-state index contributed by atoms with van der Waals surface area (Å²) in [4.78, 5) is 63.8. The minimum Gasteiger partial charge on any atom is -0.508 e. The van der Waals surface area contributed by atoms with Gasteiger partial charge in [0.15, 0.2) is 0 Å². The number of azo groups is 1. The smallest absolute Gasteiger partial charge is 0.246 e. The molecule has 0 radical (unpaired) electrons. The van der Waals surface area contributed by atoms with Crippen molar-refractivity contribution in [1.82, 2.24) is 0 Å². The molecule has 290 valence electrons. The molecule has 0 aromatic heterocycles. The number of rotatable bonds is 7. The zero-order chi connectivity index (χ0) is 40.5. The van der Waals surface area contributed by atoms with Gasteiger partial charge in [0.1, 0.15) is 5.75 Å². The Morgan fingerprint density at radius 2 is 1.40 bits per heavy atom. The molecule has 0 spiro atoms. The van der Waals surface area contributed by atoms with E-state index in [0.717, 1.165) is 11.3 Å². The normalized spacial score (nSPS) is 25.2. The summed E-state index contributed by atoms with van der Waals surface area (Å²) in [6.45, 7) is 0. The first kappa shape index (κ1) is 37.5. The summed E-state index contributed by atoms with van der Waals surface area (Å²) < 4.78 is 0. The molecule has 12 heteroatoms. The van der Waals surface area contributed by atoms with Crippen LogP contribution in [0.3, 0.4) is 0 Å². The maximum atomic E-state index is 15.4. The predicted molar refractivity (Wildman–Crippen MR) is 223 cm³/mol. The van der Waals surface area contributed by atoms with E-state index in [4.69, 9.17) is 23.2 Å². The highest BCUT2D eigenvalue weighted by molar-refractivity contribution is 6.33. The van der Waals surface area contributed by atoms with Crippen LogP contribution in [0.2, 0.25) is 10.0 Å². The molecule has 2 heterocycles. The van der Waals surface area contributed by atoms with Crippen LogP contribution >= 0.6 is 23.2 Å². The van der Waals surface area contributed by atoms with Gasteiger partial charge in [-0.1, -0.05) is 77.3 Å². The molecule has 1 N–H and O–H groups in total. The van der Waals surface area contributed by atoms with Gasteiger partial charge in [0.25, 0.3) is 0 Å². The number of phenols is 1. The standard InChI is InChI=1S/C46H37Cl2N5O5/c1-51(2)30-15-11-28(12-16-30)49-50-29-13-17-31(18-14-29)52-42(55)36-22-21-34-37(40(36)44(52)57)25-38-43(56)53(32-10-6-9-27(47)23-32)45(58)46(38,26-7-4-3-5-8-26)41(34)35-20-19-33(54)24-39(35)48/h3-21,23-24,36-38,40-41,54H,22,25H2,1-2H3/t36-,37+,38-,40-,41+,46+/m0/s1. The van der Waals surface area contributed by atoms with Crippen molar-refractivity contribution in [2.75, 3.05) is 28.8 Å². The van der Waals surface area contributed by atoms with Crippen LogP contribution in [0.1, 0.15) is 29.9 Å². The van der Waals surface area contributed by atoms with Crippen LogP contribution in [0.25, 0.3) is 0 Å². The fraction of sp³-hybridized carbons (Fsp3) is 0.217. The third kappa shape index (κ3) is 5.84. The molecule has 4 amide bonds. The second kappa shape index (κ2) is 14.4. The number of aromatic hydroxyl groups is 1. The van der Waals surface area contributed by atoms with Gasteiger partial charge in [-0.15, -0.1) is 0 Å². The van der Waals surface area contributed by atoms with Crippen molar-refractivity contribution < 1.29 is 24.3 Å². The van der Waals surface area contributed by atoms with Crippen molar-refractivity contribution in [3.63, 3.8) is 0 Å². The number of nitrogens with zero attached hydrogens (tertiary/aromatic N) is 5. The largest absolute Gasteiger partial charge is 0.508 e. The molecule has 2 saturated heterocycles. The van der Waals surface area contributed by atoms with Crippen LogP contribution < -0.4 is 14.7 Å². The van der Waals surface area contributed by atoms with E-state index in [2.05, 4.69) is 10.2 Å². The SMILES string of the molecule is CN(C)c1ccc(N=Nc2ccc(N3C(=O)[C@H]4[C@H](CC=C5[C@H]4C[C@H]4C(=O)N(c6cccc(Cl)c6)C(=O)[C@@]4(c4ccccc4)[C@H]5c4ccc(O)cc4Cl)C3=O)cc2)cc1. The zero-order valence-corrected chi connectivity index (χ0v) is 33.0. The lowest BCUT2D eigenvalue weighted by atomic mass is 9.49. The van der Waals surface area contributed by atoms with E-state index in [0.29, 0.717) is 38.9 Å². The van der Waals surface area contributed by atoms with Crippen molar-refractivity contribution in [2.45, 2.75) is 24.2 Å². The van der Waals surface area contributed by atoms with Crippen molar-refractivity contribution >= 4 is 75.3 Å². The number of benzene rings is 5. The van der Waals surface area contributed by atoms with Gasteiger partial charge < -0.3 is 10.0 Å². The van der Waals surface area contributed by atoms with Gasteiger partial charge in [-0.2, -0.15) is 10.2 Å². The monoisotopic (exact) mass is 809 g/mol. The Hall–Kier alpha value is -6.10. The number of allylic oxidation sites excluding steroid dienone is 2. The van der Waals surface area contributed by atoms with Crippen molar-refractivity contribution in [1.29, 1.82) is 0 Å². The summed E-state index contributed by atoms with van der Waals surface area (Å²) >= 11 is 13.4. The number of carbonyl (C=O) groups excluding carboxylic acids is 4. The van der Waals surface area contributed by atoms with Crippen molar-refractivity contribution in [2.24, 2.45) is 33.9 Å². The molecule has 5 aromatic carbocycles. The summed E-state index contributed by atoms with van der Waals surface area (Å²) in [6.07, 6.45) is 2.36. The number of phenolic OH excluding ortho intramolecular Hbond substituents is 1. The topological polar surface area (TPSA) is 123 Å². The number of halogens is 2. The van der Waals surface area contributed by atoms with Crippen LogP contribution in [0.4, 0.5) is 28.4 Å². The quantitative estimate of drug-likeness (QED) is 0.0993. The van der Waals surface area contributed by atoms with Crippen LogP contribution in [-0.2, 0) is 24.6 Å². The average molecular weight is 811 g/mol. The van der Waals surface area contributed by atoms with Gasteiger partial charge in [-0.3, -0.25) is 24.1 Å². The summed E-state index contributed by atoms with van der Waals surface area (Å²) in [7, 11) is 3.92. The minimum atomic E-state index is -1.49. The molecule has 6 atom stereocenters. The van der Waals surface area contributed by atoms with Gasteiger partial charge in [-0.25, -0.2) is 4.90 Å². The summed E-state index contributed by atoms with van der Waals surface area (Å²) in [5.74, 6) is -5.45. The van der Waals surface area contributed by atoms with E-state index in [9.17, 15) is 19.5 Å². The zero-order valence-electron chi connectivity index (χ0n) is 31.5. The maximum absolute atomic E-state index is 15.4. The van der Waals surface area contributed by atoms with E-state index in [1.54, 1.807) is 54.6 Å². The predicted octanol–water partition coefficient (Wildman–Crippen LogP) is 9.55. The fourth-order valence-electron chi connectivity index (χ4n) is 9.69. The van der Waals surface area contributed by atoms with Crippen LogP contribution in [-0.4, -0.2) is 42.8 Å². The second-order valence-corrected chi connectivity index (χ2v) is 16.3. The molecule has 0 unspecified atom stereocenters. The lowest BCUT2D eigenvalue weighted by Crippen LogP contribution is -2.53. The van der Waals surface area contributed by atoms with Crippen LogP contribution in [0.15, 0.2) is 143 Å². The van der Waals surface area contributed by atoms with Crippen molar-refractivity contribution in [3.05, 3.63) is 154 Å². The number of anilines is 3. The number of imide groups is 2. The highest BCUT2D eigenvalue weighted by Gasteiger charge is 2.70. The summed E-state index contributed by atoms with van der Waals surface area (Å²) in [5, 5.41) is 19.7. The lowest BCUT2D eigenvalue weighted by Gasteiger charge is -2.51. The Balaban J connectivity index is 1.12. The molecule has 3 fully saturated rings. The van der Waals surface area contributed by atoms with Gasteiger partial charge in [0.05, 0.1) is 45.9 Å². The second-order valence-electron chi connectivity index (χ2n) is 15.4. The van der Waals surface area contributed by atoms with E-state index in [1.165, 1.54) is 21.9 Å². The number of amides is 4.